The van der Waals surface area contributed by atoms with Gasteiger partial charge >= 0.3 is 5.97 Å². The molecule has 1 N–H and O–H groups in total. The van der Waals surface area contributed by atoms with E-state index in [1.165, 1.54) is 32.1 Å². The normalized spacial score (nSPS) is 20.4. The van der Waals surface area contributed by atoms with Crippen molar-refractivity contribution in [2.45, 2.75) is 58.8 Å². The quantitative estimate of drug-likeness (QED) is 0.696. The van der Waals surface area contributed by atoms with Gasteiger partial charge in [0.25, 0.3) is 0 Å². The van der Waals surface area contributed by atoms with Crippen molar-refractivity contribution in [2.24, 2.45) is 5.41 Å². The topological polar surface area (TPSA) is 40.5 Å². The van der Waals surface area contributed by atoms with Crippen LogP contribution < -0.4 is 0 Å². The first-order chi connectivity index (χ1) is 8.08. The van der Waals surface area contributed by atoms with Crippen LogP contribution in [-0.4, -0.2) is 35.6 Å². The predicted octanol–water partition coefficient (Wildman–Crippen LogP) is 3.14. The first-order valence-corrected chi connectivity index (χ1v) is 7.04. The van der Waals surface area contributed by atoms with Gasteiger partial charge in [0.05, 0.1) is 5.41 Å². The maximum atomic E-state index is 11.1. The minimum Gasteiger partial charge on any atom is -0.481 e. The molecule has 100 valence electrons. The minimum absolute atomic E-state index is 0.474. The van der Waals surface area contributed by atoms with Gasteiger partial charge < -0.3 is 10.0 Å². The molecule has 0 bridgehead atoms. The third kappa shape index (κ3) is 4.66. The summed E-state index contributed by atoms with van der Waals surface area (Å²) in [6, 6.07) is 0. The Balaban J connectivity index is 2.13. The van der Waals surface area contributed by atoms with Crippen LogP contribution in [0.2, 0.25) is 0 Å². The van der Waals surface area contributed by atoms with Crippen LogP contribution in [0.25, 0.3) is 0 Å². The lowest BCUT2D eigenvalue weighted by Gasteiger charge is -2.36. The number of piperidine rings is 1. The number of carbonyl (C=O) groups is 1. The smallest absolute Gasteiger partial charge is 0.309 e. The van der Waals surface area contributed by atoms with Gasteiger partial charge in [0, 0.05) is 0 Å². The van der Waals surface area contributed by atoms with Crippen molar-refractivity contribution in [1.82, 2.24) is 4.90 Å². The Morgan fingerprint density at radius 2 is 1.76 bits per heavy atom. The van der Waals surface area contributed by atoms with Crippen molar-refractivity contribution >= 4 is 5.97 Å². The summed E-state index contributed by atoms with van der Waals surface area (Å²) in [6.45, 7) is 7.18. The molecule has 0 amide bonds. The molecule has 0 aliphatic carbocycles. The van der Waals surface area contributed by atoms with E-state index in [9.17, 15) is 4.79 Å². The lowest BCUT2D eigenvalue weighted by molar-refractivity contribution is -0.150. The highest BCUT2D eigenvalue weighted by Crippen LogP contribution is 2.31. The molecule has 1 aliphatic heterocycles. The maximum Gasteiger partial charge on any atom is 0.309 e. The molecule has 1 fully saturated rings. The molecular weight excluding hydrogens is 214 g/mol. The minimum atomic E-state index is -0.625. The summed E-state index contributed by atoms with van der Waals surface area (Å²) in [4.78, 5) is 13.5. The van der Waals surface area contributed by atoms with Gasteiger partial charge in [-0.25, -0.2) is 0 Å². The summed E-state index contributed by atoms with van der Waals surface area (Å²) in [5, 5.41) is 9.14. The Kier molecular flexibility index (Phi) is 5.96. The summed E-state index contributed by atoms with van der Waals surface area (Å²) in [7, 11) is 0. The molecule has 3 nitrogen and oxygen atoms in total. The average Bonchev–Trinajstić information content (AvgIpc) is 2.31. The second-order valence-electron chi connectivity index (χ2n) is 5.62. The second-order valence-corrected chi connectivity index (χ2v) is 5.62. The van der Waals surface area contributed by atoms with Gasteiger partial charge in [-0.15, -0.1) is 0 Å². The fraction of sp³-hybridized carbons (Fsp3) is 0.929. The van der Waals surface area contributed by atoms with Gasteiger partial charge in [-0.05, 0) is 45.8 Å². The Bertz CT molecular complexity index is 232. The molecule has 1 rings (SSSR count). The summed E-state index contributed by atoms with van der Waals surface area (Å²) in [5.74, 6) is -0.625. The van der Waals surface area contributed by atoms with Gasteiger partial charge in [0.15, 0.2) is 0 Å². The second kappa shape index (κ2) is 7.00. The SMILES string of the molecule is CCCCCCCN1CCC(C)(C(=O)O)CC1. The van der Waals surface area contributed by atoms with Crippen LogP contribution in [0, 0.1) is 5.41 Å². The van der Waals surface area contributed by atoms with Crippen LogP contribution in [0.5, 0.6) is 0 Å². The van der Waals surface area contributed by atoms with E-state index in [-0.39, 0.29) is 0 Å². The van der Waals surface area contributed by atoms with Gasteiger partial charge in [-0.1, -0.05) is 32.6 Å². The summed E-state index contributed by atoms with van der Waals surface area (Å²) in [5.41, 5.74) is -0.474. The summed E-state index contributed by atoms with van der Waals surface area (Å²) in [6.07, 6.45) is 8.17. The number of unbranched alkanes of at least 4 members (excludes halogenated alkanes) is 4. The van der Waals surface area contributed by atoms with Crippen LogP contribution >= 0.6 is 0 Å². The Labute approximate surface area is 105 Å². The van der Waals surface area contributed by atoms with E-state index in [2.05, 4.69) is 11.8 Å². The molecule has 0 unspecified atom stereocenters. The van der Waals surface area contributed by atoms with Crippen molar-refractivity contribution in [3.05, 3.63) is 0 Å². The summed E-state index contributed by atoms with van der Waals surface area (Å²) >= 11 is 0. The first kappa shape index (κ1) is 14.5. The largest absolute Gasteiger partial charge is 0.481 e. The molecule has 0 atom stereocenters. The number of hydrogen-bond acceptors (Lipinski definition) is 2. The lowest BCUT2D eigenvalue weighted by Crippen LogP contribution is -2.42. The number of likely N-dealkylation sites (tertiary alicyclic amines) is 1. The van der Waals surface area contributed by atoms with Crippen LogP contribution in [-0.2, 0) is 4.79 Å². The number of carboxylic acids is 1. The fourth-order valence-corrected chi connectivity index (χ4v) is 2.42. The molecular formula is C14H27NO2. The number of nitrogens with zero attached hydrogens (tertiary/aromatic N) is 1. The molecule has 3 heteroatoms. The van der Waals surface area contributed by atoms with E-state index < -0.39 is 11.4 Å². The average molecular weight is 241 g/mol. The zero-order valence-corrected chi connectivity index (χ0v) is 11.4. The van der Waals surface area contributed by atoms with Crippen molar-refractivity contribution in [1.29, 1.82) is 0 Å². The number of hydrogen-bond donors (Lipinski definition) is 1. The highest BCUT2D eigenvalue weighted by atomic mass is 16.4. The molecule has 17 heavy (non-hydrogen) atoms. The monoisotopic (exact) mass is 241 g/mol. The van der Waals surface area contributed by atoms with E-state index in [1.807, 2.05) is 6.92 Å². The third-order valence-corrected chi connectivity index (χ3v) is 4.05. The highest BCUT2D eigenvalue weighted by molar-refractivity contribution is 5.74. The van der Waals surface area contributed by atoms with Crippen LogP contribution in [0.1, 0.15) is 58.8 Å². The Morgan fingerprint density at radius 1 is 1.18 bits per heavy atom. The highest BCUT2D eigenvalue weighted by Gasteiger charge is 2.36. The molecule has 1 aliphatic rings. The van der Waals surface area contributed by atoms with E-state index in [0.29, 0.717) is 0 Å². The zero-order valence-electron chi connectivity index (χ0n) is 11.4. The van der Waals surface area contributed by atoms with E-state index in [1.54, 1.807) is 0 Å². The fourth-order valence-electron chi connectivity index (χ4n) is 2.42. The molecule has 0 saturated carbocycles. The molecule has 0 aromatic rings. The van der Waals surface area contributed by atoms with Crippen molar-refractivity contribution in [3.63, 3.8) is 0 Å². The molecule has 0 spiro atoms. The van der Waals surface area contributed by atoms with E-state index in [0.717, 1.165) is 32.5 Å². The molecule has 0 radical (unpaired) electrons. The van der Waals surface area contributed by atoms with E-state index in [4.69, 9.17) is 5.11 Å². The van der Waals surface area contributed by atoms with Crippen LogP contribution in [0.4, 0.5) is 0 Å². The van der Waals surface area contributed by atoms with Gasteiger partial charge in [0.2, 0.25) is 0 Å². The first-order valence-electron chi connectivity index (χ1n) is 7.04. The number of rotatable bonds is 7. The Morgan fingerprint density at radius 3 is 2.29 bits per heavy atom. The molecule has 1 saturated heterocycles. The number of aliphatic carboxylic acids is 1. The Hall–Kier alpha value is -0.570. The van der Waals surface area contributed by atoms with Gasteiger partial charge in [-0.3, -0.25) is 4.79 Å². The molecule has 0 aromatic heterocycles. The van der Waals surface area contributed by atoms with Crippen LogP contribution in [0.3, 0.4) is 0 Å². The van der Waals surface area contributed by atoms with Gasteiger partial charge in [-0.2, -0.15) is 0 Å². The van der Waals surface area contributed by atoms with Crippen molar-refractivity contribution < 1.29 is 9.90 Å². The van der Waals surface area contributed by atoms with Crippen LogP contribution in [0.15, 0.2) is 0 Å². The van der Waals surface area contributed by atoms with Crippen molar-refractivity contribution in [2.75, 3.05) is 19.6 Å². The zero-order chi connectivity index (χ0) is 12.7. The standard InChI is InChI=1S/C14H27NO2/c1-3-4-5-6-7-10-15-11-8-14(2,9-12-15)13(16)17/h3-12H2,1-2H3,(H,16,17). The number of carboxylic acid groups (broad SMARTS) is 1. The molecule has 0 aromatic carbocycles. The van der Waals surface area contributed by atoms with Crippen molar-refractivity contribution in [3.8, 4) is 0 Å². The van der Waals surface area contributed by atoms with E-state index >= 15 is 0 Å². The maximum absolute atomic E-state index is 11.1. The molecule has 1 heterocycles. The van der Waals surface area contributed by atoms with Gasteiger partial charge in [0.1, 0.15) is 0 Å². The third-order valence-electron chi connectivity index (χ3n) is 4.05. The summed E-state index contributed by atoms with van der Waals surface area (Å²) < 4.78 is 0. The lowest BCUT2D eigenvalue weighted by atomic mass is 9.80. The predicted molar refractivity (Wildman–Crippen MR) is 70.2 cm³/mol.